The first-order valence-corrected chi connectivity index (χ1v) is 6.50. The van der Waals surface area contributed by atoms with Gasteiger partial charge in [-0.25, -0.2) is 9.18 Å². The molecule has 0 spiro atoms. The highest BCUT2D eigenvalue weighted by Crippen LogP contribution is 2.23. The first-order chi connectivity index (χ1) is 10.1. The monoisotopic (exact) mass is 289 g/mol. The Labute approximate surface area is 121 Å². The van der Waals surface area contributed by atoms with E-state index in [4.69, 9.17) is 10.5 Å². The lowest BCUT2D eigenvalue weighted by molar-refractivity contribution is 0.0527. The number of hydrogen-bond donors (Lipinski definition) is 2. The van der Waals surface area contributed by atoms with Gasteiger partial charge >= 0.3 is 5.97 Å². The van der Waals surface area contributed by atoms with Crippen LogP contribution < -0.4 is 11.1 Å². The van der Waals surface area contributed by atoms with Crippen LogP contribution in [0.1, 0.15) is 22.8 Å². The van der Waals surface area contributed by atoms with Gasteiger partial charge in [0, 0.05) is 24.6 Å². The normalized spacial score (nSPS) is 10.2. The lowest BCUT2D eigenvalue weighted by atomic mass is 10.1. The number of benzene rings is 1. The molecule has 0 radical (unpaired) electrons. The fourth-order valence-electron chi connectivity index (χ4n) is 1.81. The van der Waals surface area contributed by atoms with E-state index in [0.717, 1.165) is 11.6 Å². The molecule has 0 unspecified atom stereocenters. The maximum absolute atomic E-state index is 13.9. The summed E-state index contributed by atoms with van der Waals surface area (Å²) in [5.41, 5.74) is 7.00. The summed E-state index contributed by atoms with van der Waals surface area (Å²) < 4.78 is 18.8. The molecule has 0 aliphatic rings. The van der Waals surface area contributed by atoms with Gasteiger partial charge in [0.05, 0.1) is 17.9 Å². The van der Waals surface area contributed by atoms with E-state index in [1.165, 1.54) is 6.07 Å². The number of halogens is 1. The Balaban J connectivity index is 2.19. The molecule has 0 saturated carbocycles. The minimum atomic E-state index is -0.568. The van der Waals surface area contributed by atoms with Gasteiger partial charge in [-0.05, 0) is 36.8 Å². The van der Waals surface area contributed by atoms with Crippen LogP contribution in [0.3, 0.4) is 0 Å². The Bertz CT molecular complexity index is 632. The number of ether oxygens (including phenoxy) is 1. The van der Waals surface area contributed by atoms with Crippen molar-refractivity contribution in [2.45, 2.75) is 13.5 Å². The van der Waals surface area contributed by atoms with Gasteiger partial charge in [0.1, 0.15) is 5.82 Å². The topological polar surface area (TPSA) is 77.2 Å². The molecule has 0 fully saturated rings. The van der Waals surface area contributed by atoms with E-state index in [0.29, 0.717) is 6.54 Å². The molecule has 0 saturated heterocycles. The van der Waals surface area contributed by atoms with Gasteiger partial charge in [0.25, 0.3) is 0 Å². The second-order valence-corrected chi connectivity index (χ2v) is 4.35. The SMILES string of the molecule is CCOC(=O)c1cc(NCc2ccncc2)c(F)cc1N. The fourth-order valence-corrected chi connectivity index (χ4v) is 1.81. The van der Waals surface area contributed by atoms with Crippen molar-refractivity contribution in [1.82, 2.24) is 4.98 Å². The van der Waals surface area contributed by atoms with E-state index < -0.39 is 11.8 Å². The number of hydrogen-bond acceptors (Lipinski definition) is 5. The fraction of sp³-hybridized carbons (Fsp3) is 0.200. The minimum Gasteiger partial charge on any atom is -0.462 e. The third kappa shape index (κ3) is 3.68. The maximum atomic E-state index is 13.9. The molecular formula is C15H16FN3O2. The molecule has 0 amide bonds. The van der Waals surface area contributed by atoms with Crippen LogP contribution in [0, 0.1) is 5.82 Å². The second kappa shape index (κ2) is 6.69. The zero-order valence-electron chi connectivity index (χ0n) is 11.6. The molecular weight excluding hydrogens is 273 g/mol. The number of carbonyl (C=O) groups is 1. The van der Waals surface area contributed by atoms with Crippen LogP contribution in [0.25, 0.3) is 0 Å². The standard InChI is InChI=1S/C15H16FN3O2/c1-2-21-15(20)11-7-14(12(16)8-13(11)17)19-9-10-3-5-18-6-4-10/h3-8,19H,2,9,17H2,1H3. The maximum Gasteiger partial charge on any atom is 0.340 e. The van der Waals surface area contributed by atoms with Gasteiger partial charge in [-0.1, -0.05) is 0 Å². The van der Waals surface area contributed by atoms with Crippen molar-refractivity contribution in [3.63, 3.8) is 0 Å². The molecule has 2 aromatic rings. The molecule has 5 nitrogen and oxygen atoms in total. The molecule has 1 aromatic heterocycles. The Morgan fingerprint density at radius 1 is 1.38 bits per heavy atom. The van der Waals surface area contributed by atoms with Crippen molar-refractivity contribution in [2.24, 2.45) is 0 Å². The van der Waals surface area contributed by atoms with Crippen molar-refractivity contribution in [2.75, 3.05) is 17.7 Å². The van der Waals surface area contributed by atoms with Gasteiger partial charge in [0.15, 0.2) is 0 Å². The lowest BCUT2D eigenvalue weighted by Crippen LogP contribution is -2.10. The summed E-state index contributed by atoms with van der Waals surface area (Å²) >= 11 is 0. The van der Waals surface area contributed by atoms with Crippen LogP contribution in [0.4, 0.5) is 15.8 Å². The van der Waals surface area contributed by atoms with E-state index in [1.807, 2.05) is 12.1 Å². The average Bonchev–Trinajstić information content (AvgIpc) is 2.47. The minimum absolute atomic E-state index is 0.0559. The van der Waals surface area contributed by atoms with Crippen molar-refractivity contribution < 1.29 is 13.9 Å². The number of nitrogens with two attached hydrogens (primary N) is 1. The molecule has 0 aliphatic heterocycles. The Morgan fingerprint density at radius 3 is 2.76 bits per heavy atom. The van der Waals surface area contributed by atoms with Crippen molar-refractivity contribution in [3.8, 4) is 0 Å². The summed E-state index contributed by atoms with van der Waals surface area (Å²) in [5.74, 6) is -1.09. The van der Waals surface area contributed by atoms with E-state index >= 15 is 0 Å². The summed E-state index contributed by atoms with van der Waals surface area (Å²) in [4.78, 5) is 15.7. The number of nitrogen functional groups attached to an aromatic ring is 1. The Morgan fingerprint density at radius 2 is 2.10 bits per heavy atom. The highest BCUT2D eigenvalue weighted by molar-refractivity contribution is 5.96. The Hall–Kier alpha value is -2.63. The molecule has 0 aliphatic carbocycles. The predicted octanol–water partition coefficient (Wildman–Crippen LogP) is 2.59. The van der Waals surface area contributed by atoms with E-state index in [2.05, 4.69) is 10.3 Å². The molecule has 0 bridgehead atoms. The van der Waals surface area contributed by atoms with Gasteiger partial charge in [-0.15, -0.1) is 0 Å². The molecule has 3 N–H and O–H groups in total. The summed E-state index contributed by atoms with van der Waals surface area (Å²) in [6.07, 6.45) is 3.31. The number of nitrogens with one attached hydrogen (secondary N) is 1. The molecule has 0 atom stereocenters. The van der Waals surface area contributed by atoms with Gasteiger partial charge in [-0.2, -0.15) is 0 Å². The smallest absolute Gasteiger partial charge is 0.340 e. The highest BCUT2D eigenvalue weighted by Gasteiger charge is 2.15. The summed E-state index contributed by atoms with van der Waals surface area (Å²) in [6.45, 7) is 2.33. The number of esters is 1. The number of rotatable bonds is 5. The molecule has 110 valence electrons. The van der Waals surface area contributed by atoms with E-state index in [1.54, 1.807) is 19.3 Å². The molecule has 1 heterocycles. The van der Waals surface area contributed by atoms with Gasteiger partial charge in [-0.3, -0.25) is 4.98 Å². The van der Waals surface area contributed by atoms with Gasteiger partial charge < -0.3 is 15.8 Å². The quantitative estimate of drug-likeness (QED) is 0.653. The average molecular weight is 289 g/mol. The first kappa shape index (κ1) is 14.8. The summed E-state index contributed by atoms with van der Waals surface area (Å²) in [5, 5.41) is 2.93. The predicted molar refractivity (Wildman–Crippen MR) is 78.3 cm³/mol. The zero-order valence-corrected chi connectivity index (χ0v) is 11.6. The number of aromatic nitrogens is 1. The number of anilines is 2. The molecule has 2 rings (SSSR count). The van der Waals surface area contributed by atoms with Crippen molar-refractivity contribution in [3.05, 3.63) is 53.6 Å². The third-order valence-electron chi connectivity index (χ3n) is 2.87. The van der Waals surface area contributed by atoms with Crippen LogP contribution in [0.5, 0.6) is 0 Å². The van der Waals surface area contributed by atoms with Crippen LogP contribution in [-0.4, -0.2) is 17.6 Å². The summed E-state index contributed by atoms with van der Waals surface area (Å²) in [6, 6.07) is 6.11. The van der Waals surface area contributed by atoms with Crippen molar-refractivity contribution in [1.29, 1.82) is 0 Å². The van der Waals surface area contributed by atoms with E-state index in [9.17, 15) is 9.18 Å². The van der Waals surface area contributed by atoms with Crippen LogP contribution in [0.2, 0.25) is 0 Å². The van der Waals surface area contributed by atoms with E-state index in [-0.39, 0.29) is 23.5 Å². The third-order valence-corrected chi connectivity index (χ3v) is 2.87. The largest absolute Gasteiger partial charge is 0.462 e. The van der Waals surface area contributed by atoms with Crippen LogP contribution in [0.15, 0.2) is 36.7 Å². The summed E-state index contributed by atoms with van der Waals surface area (Å²) in [7, 11) is 0. The molecule has 6 heteroatoms. The highest BCUT2D eigenvalue weighted by atomic mass is 19.1. The van der Waals surface area contributed by atoms with Crippen LogP contribution in [-0.2, 0) is 11.3 Å². The van der Waals surface area contributed by atoms with Crippen molar-refractivity contribution >= 4 is 17.3 Å². The first-order valence-electron chi connectivity index (χ1n) is 6.50. The lowest BCUT2D eigenvalue weighted by Gasteiger charge is -2.11. The van der Waals surface area contributed by atoms with Crippen LogP contribution >= 0.6 is 0 Å². The Kier molecular flexibility index (Phi) is 4.71. The van der Waals surface area contributed by atoms with Gasteiger partial charge in [0.2, 0.25) is 0 Å². The molecule has 1 aromatic carbocycles. The second-order valence-electron chi connectivity index (χ2n) is 4.35. The molecule has 21 heavy (non-hydrogen) atoms. The number of nitrogens with zero attached hydrogens (tertiary/aromatic N) is 1. The zero-order chi connectivity index (χ0) is 15.2. The number of pyridine rings is 1. The number of carbonyl (C=O) groups excluding carboxylic acids is 1.